The number of rotatable bonds is 3. The molecule has 1 saturated heterocycles. The first-order valence-electron chi connectivity index (χ1n) is 6.19. The Labute approximate surface area is 109 Å². The smallest absolute Gasteiger partial charge is 0.241 e. The molecule has 0 saturated carbocycles. The average molecular weight is 263 g/mol. The van der Waals surface area contributed by atoms with E-state index in [-0.39, 0.29) is 11.9 Å². The minimum absolute atomic E-state index is 0.273. The van der Waals surface area contributed by atoms with Gasteiger partial charge in [-0.25, -0.2) is 4.39 Å². The van der Waals surface area contributed by atoms with Gasteiger partial charge in [0.05, 0.1) is 12.6 Å². The van der Waals surface area contributed by atoms with Crippen LogP contribution in [0.1, 0.15) is 12.3 Å². The highest BCUT2D eigenvalue weighted by Gasteiger charge is 2.22. The van der Waals surface area contributed by atoms with Crippen LogP contribution < -0.4 is 0 Å². The van der Waals surface area contributed by atoms with Crippen molar-refractivity contribution in [3.8, 4) is 11.4 Å². The lowest BCUT2D eigenvalue weighted by atomic mass is 10.2. The summed E-state index contributed by atoms with van der Waals surface area (Å²) in [5, 5.41) is 13.3. The summed E-state index contributed by atoms with van der Waals surface area (Å²) >= 11 is 0. The fourth-order valence-corrected chi connectivity index (χ4v) is 2.21. The van der Waals surface area contributed by atoms with Crippen LogP contribution in [0.5, 0.6) is 0 Å². The molecule has 0 amide bonds. The van der Waals surface area contributed by atoms with Gasteiger partial charge in [0.15, 0.2) is 0 Å². The molecule has 19 heavy (non-hydrogen) atoms. The molecule has 100 valence electrons. The summed E-state index contributed by atoms with van der Waals surface area (Å²) in [6.45, 7) is 1.95. The molecule has 1 aromatic carbocycles. The van der Waals surface area contributed by atoms with Crippen molar-refractivity contribution < 1.29 is 14.0 Å². The standard InChI is InChI=1S/C13H14FN3O2/c14-10-3-1-2-9(6-10)13-15-12(19-16-13)8-17-5-4-11(18)7-17/h1-3,6,11,18H,4-5,7-8H2. The lowest BCUT2D eigenvalue weighted by Crippen LogP contribution is -2.21. The highest BCUT2D eigenvalue weighted by Crippen LogP contribution is 2.18. The number of benzene rings is 1. The summed E-state index contributed by atoms with van der Waals surface area (Å²) < 4.78 is 18.3. The summed E-state index contributed by atoms with van der Waals surface area (Å²) in [5.41, 5.74) is 0.594. The number of aliphatic hydroxyl groups is 1. The van der Waals surface area contributed by atoms with Crippen molar-refractivity contribution in [1.82, 2.24) is 15.0 Å². The predicted octanol–water partition coefficient (Wildman–Crippen LogP) is 1.44. The summed E-state index contributed by atoms with van der Waals surface area (Å²) in [7, 11) is 0. The van der Waals surface area contributed by atoms with Gasteiger partial charge in [0, 0.05) is 18.7 Å². The van der Waals surface area contributed by atoms with E-state index in [9.17, 15) is 9.50 Å². The largest absolute Gasteiger partial charge is 0.392 e. The van der Waals surface area contributed by atoms with Gasteiger partial charge in [0.25, 0.3) is 0 Å². The molecule has 6 heteroatoms. The van der Waals surface area contributed by atoms with Crippen LogP contribution in [0, 0.1) is 5.82 Å². The lowest BCUT2D eigenvalue weighted by molar-refractivity contribution is 0.169. The number of aliphatic hydroxyl groups excluding tert-OH is 1. The van der Waals surface area contributed by atoms with Crippen LogP contribution in [0.15, 0.2) is 28.8 Å². The van der Waals surface area contributed by atoms with E-state index < -0.39 is 0 Å². The summed E-state index contributed by atoms with van der Waals surface area (Å²) in [6, 6.07) is 6.08. The lowest BCUT2D eigenvalue weighted by Gasteiger charge is -2.10. The van der Waals surface area contributed by atoms with Crippen LogP contribution in [-0.2, 0) is 6.54 Å². The van der Waals surface area contributed by atoms with E-state index in [0.717, 1.165) is 13.0 Å². The molecule has 3 rings (SSSR count). The number of likely N-dealkylation sites (tertiary alicyclic amines) is 1. The number of nitrogens with zero attached hydrogens (tertiary/aromatic N) is 3. The Balaban J connectivity index is 1.73. The van der Waals surface area contributed by atoms with Crippen molar-refractivity contribution in [2.75, 3.05) is 13.1 Å². The number of hydrogen-bond donors (Lipinski definition) is 1. The van der Waals surface area contributed by atoms with Crippen LogP contribution in [0.2, 0.25) is 0 Å². The molecule has 0 spiro atoms. The monoisotopic (exact) mass is 263 g/mol. The first kappa shape index (κ1) is 12.3. The third kappa shape index (κ3) is 2.80. The topological polar surface area (TPSA) is 62.4 Å². The highest BCUT2D eigenvalue weighted by atomic mass is 19.1. The number of β-amino-alcohol motifs (C(OH)–C–C–N with tert-alkyl or cyclic N) is 1. The second-order valence-electron chi connectivity index (χ2n) is 4.70. The third-order valence-electron chi connectivity index (χ3n) is 3.16. The van der Waals surface area contributed by atoms with Gasteiger partial charge in [0.1, 0.15) is 5.82 Å². The zero-order valence-corrected chi connectivity index (χ0v) is 10.3. The van der Waals surface area contributed by atoms with Gasteiger partial charge < -0.3 is 9.63 Å². The molecule has 5 nitrogen and oxygen atoms in total. The van der Waals surface area contributed by atoms with Crippen molar-refractivity contribution in [2.24, 2.45) is 0 Å². The molecular weight excluding hydrogens is 249 g/mol. The zero-order chi connectivity index (χ0) is 13.2. The quantitative estimate of drug-likeness (QED) is 0.908. The van der Waals surface area contributed by atoms with E-state index in [1.54, 1.807) is 12.1 Å². The van der Waals surface area contributed by atoms with Crippen LogP contribution in [-0.4, -0.2) is 39.3 Å². The van der Waals surface area contributed by atoms with E-state index >= 15 is 0 Å². The minimum Gasteiger partial charge on any atom is -0.392 e. The molecule has 0 aliphatic carbocycles. The van der Waals surface area contributed by atoms with E-state index in [0.29, 0.717) is 30.4 Å². The molecular formula is C13H14FN3O2. The maximum Gasteiger partial charge on any atom is 0.241 e. The summed E-state index contributed by atoms with van der Waals surface area (Å²) in [5.74, 6) is 0.536. The van der Waals surface area contributed by atoms with Crippen LogP contribution in [0.4, 0.5) is 4.39 Å². The second-order valence-corrected chi connectivity index (χ2v) is 4.70. The minimum atomic E-state index is -0.327. The molecule has 1 unspecified atom stereocenters. The number of aromatic nitrogens is 2. The zero-order valence-electron chi connectivity index (χ0n) is 10.3. The predicted molar refractivity (Wildman–Crippen MR) is 65.6 cm³/mol. The van der Waals surface area contributed by atoms with E-state index in [1.807, 2.05) is 4.90 Å². The van der Waals surface area contributed by atoms with Crippen molar-refractivity contribution in [2.45, 2.75) is 19.1 Å². The fourth-order valence-electron chi connectivity index (χ4n) is 2.21. The van der Waals surface area contributed by atoms with Gasteiger partial charge in [-0.1, -0.05) is 17.3 Å². The molecule has 1 N–H and O–H groups in total. The van der Waals surface area contributed by atoms with E-state index in [2.05, 4.69) is 10.1 Å². The van der Waals surface area contributed by atoms with Gasteiger partial charge in [-0.2, -0.15) is 4.98 Å². The van der Waals surface area contributed by atoms with Gasteiger partial charge in [-0.3, -0.25) is 4.90 Å². The van der Waals surface area contributed by atoms with Crippen molar-refractivity contribution in [3.05, 3.63) is 36.0 Å². The molecule has 2 aromatic rings. The Hall–Kier alpha value is -1.79. The summed E-state index contributed by atoms with van der Waals surface area (Å²) in [6.07, 6.45) is 0.496. The maximum atomic E-state index is 13.1. The number of halogens is 1. The molecule has 1 atom stereocenters. The first-order chi connectivity index (χ1) is 9.20. The molecule has 1 aliphatic heterocycles. The third-order valence-corrected chi connectivity index (χ3v) is 3.16. The SMILES string of the molecule is OC1CCN(Cc2nc(-c3cccc(F)c3)no2)C1. The maximum absolute atomic E-state index is 13.1. The fraction of sp³-hybridized carbons (Fsp3) is 0.385. The Morgan fingerprint density at radius 3 is 3.11 bits per heavy atom. The second kappa shape index (κ2) is 5.07. The highest BCUT2D eigenvalue weighted by molar-refractivity contribution is 5.53. The van der Waals surface area contributed by atoms with Gasteiger partial charge in [0.2, 0.25) is 11.7 Å². The van der Waals surface area contributed by atoms with Gasteiger partial charge in [-0.05, 0) is 18.6 Å². The van der Waals surface area contributed by atoms with Crippen molar-refractivity contribution >= 4 is 0 Å². The Kier molecular flexibility index (Phi) is 3.27. The van der Waals surface area contributed by atoms with Crippen molar-refractivity contribution in [1.29, 1.82) is 0 Å². The normalized spacial score (nSPS) is 20.0. The number of hydrogen-bond acceptors (Lipinski definition) is 5. The average Bonchev–Trinajstić information content (AvgIpc) is 2.99. The Bertz CT molecular complexity index is 573. The molecule has 1 aromatic heterocycles. The molecule has 1 aliphatic rings. The van der Waals surface area contributed by atoms with Crippen LogP contribution in [0.25, 0.3) is 11.4 Å². The molecule has 0 bridgehead atoms. The van der Waals surface area contributed by atoms with Gasteiger partial charge in [-0.15, -0.1) is 0 Å². The Morgan fingerprint density at radius 1 is 1.47 bits per heavy atom. The van der Waals surface area contributed by atoms with Crippen LogP contribution >= 0.6 is 0 Å². The Morgan fingerprint density at radius 2 is 2.37 bits per heavy atom. The van der Waals surface area contributed by atoms with Crippen LogP contribution in [0.3, 0.4) is 0 Å². The van der Waals surface area contributed by atoms with Crippen molar-refractivity contribution in [3.63, 3.8) is 0 Å². The van der Waals surface area contributed by atoms with Gasteiger partial charge >= 0.3 is 0 Å². The molecule has 0 radical (unpaired) electrons. The molecule has 1 fully saturated rings. The van der Waals surface area contributed by atoms with E-state index in [1.165, 1.54) is 12.1 Å². The first-order valence-corrected chi connectivity index (χ1v) is 6.19. The summed E-state index contributed by atoms with van der Waals surface area (Å²) in [4.78, 5) is 6.29. The molecule has 2 heterocycles. The van der Waals surface area contributed by atoms with E-state index in [4.69, 9.17) is 4.52 Å².